The largest absolute Gasteiger partial charge is 0.462 e. The van der Waals surface area contributed by atoms with Gasteiger partial charge in [0.05, 0.1) is 19.4 Å². The van der Waals surface area contributed by atoms with Gasteiger partial charge in [0.2, 0.25) is 0 Å². The Morgan fingerprint density at radius 3 is 2.67 bits per heavy atom. The number of nitrogens with zero attached hydrogens (tertiary/aromatic N) is 1. The van der Waals surface area contributed by atoms with Crippen LogP contribution in [-0.4, -0.2) is 50.9 Å². The normalized spacial score (nSPS) is 13.4. The van der Waals surface area contributed by atoms with Gasteiger partial charge in [-0.2, -0.15) is 5.10 Å². The third-order valence-electron chi connectivity index (χ3n) is 2.83. The van der Waals surface area contributed by atoms with Crippen molar-refractivity contribution in [1.29, 1.82) is 0 Å². The van der Waals surface area contributed by atoms with E-state index < -0.39 is 22.0 Å². The number of hydrogen-bond acceptors (Lipinski definition) is 6. The monoisotopic (exact) mass is 319 g/mol. The van der Waals surface area contributed by atoms with Crippen molar-refractivity contribution in [2.24, 2.45) is 5.92 Å². The first-order valence-corrected chi connectivity index (χ1v) is 8.03. The maximum atomic E-state index is 12.4. The highest BCUT2D eigenvalue weighted by molar-refractivity contribution is 7.89. The predicted molar refractivity (Wildman–Crippen MR) is 75.4 cm³/mol. The molecule has 0 amide bonds. The lowest BCUT2D eigenvalue weighted by atomic mass is 10.1. The van der Waals surface area contributed by atoms with Gasteiger partial charge in [0.15, 0.2) is 5.03 Å². The van der Waals surface area contributed by atoms with Gasteiger partial charge in [-0.3, -0.25) is 5.10 Å². The minimum Gasteiger partial charge on any atom is -0.462 e. The van der Waals surface area contributed by atoms with Crippen molar-refractivity contribution >= 4 is 16.0 Å². The Labute approximate surface area is 124 Å². The molecule has 0 saturated heterocycles. The Kier molecular flexibility index (Phi) is 6.31. The minimum absolute atomic E-state index is 0.0219. The average Bonchev–Trinajstić information content (AvgIpc) is 2.88. The second-order valence-corrected chi connectivity index (χ2v) is 6.41. The van der Waals surface area contributed by atoms with Crippen LogP contribution in [-0.2, 0) is 19.5 Å². The Morgan fingerprint density at radius 2 is 2.14 bits per heavy atom. The molecule has 9 heteroatoms. The van der Waals surface area contributed by atoms with E-state index in [1.807, 2.05) is 13.8 Å². The molecule has 0 saturated carbocycles. The Hall–Kier alpha value is -1.45. The molecular formula is C12H21N3O5S. The van der Waals surface area contributed by atoms with Crippen LogP contribution < -0.4 is 4.72 Å². The van der Waals surface area contributed by atoms with Crippen molar-refractivity contribution in [3.63, 3.8) is 0 Å². The molecule has 21 heavy (non-hydrogen) atoms. The van der Waals surface area contributed by atoms with E-state index in [9.17, 15) is 13.2 Å². The highest BCUT2D eigenvalue weighted by atomic mass is 32.2. The molecule has 0 aliphatic rings. The average molecular weight is 319 g/mol. The fourth-order valence-corrected chi connectivity index (χ4v) is 3.09. The predicted octanol–water partition coefficient (Wildman–Crippen LogP) is 0.536. The van der Waals surface area contributed by atoms with E-state index in [1.165, 1.54) is 7.11 Å². The van der Waals surface area contributed by atoms with Gasteiger partial charge in [-0.1, -0.05) is 13.8 Å². The molecule has 1 aromatic rings. The van der Waals surface area contributed by atoms with Crippen LogP contribution in [0.25, 0.3) is 0 Å². The van der Waals surface area contributed by atoms with Crippen LogP contribution in [0.5, 0.6) is 0 Å². The summed E-state index contributed by atoms with van der Waals surface area (Å²) in [7, 11) is -2.44. The number of carbonyl (C=O) groups excluding carboxylic acids is 1. The molecule has 0 aliphatic carbocycles. The van der Waals surface area contributed by atoms with Gasteiger partial charge in [-0.05, 0) is 12.8 Å². The molecule has 120 valence electrons. The van der Waals surface area contributed by atoms with Crippen LogP contribution in [0.4, 0.5) is 0 Å². The van der Waals surface area contributed by atoms with E-state index in [0.29, 0.717) is 0 Å². The molecule has 8 nitrogen and oxygen atoms in total. The Bertz CT molecular complexity index is 567. The molecule has 1 rings (SSSR count). The van der Waals surface area contributed by atoms with Gasteiger partial charge in [-0.25, -0.2) is 17.9 Å². The fraction of sp³-hybridized carbons (Fsp3) is 0.667. The van der Waals surface area contributed by atoms with Gasteiger partial charge in [0.25, 0.3) is 10.0 Å². The second-order valence-electron chi connectivity index (χ2n) is 4.76. The minimum atomic E-state index is -3.93. The van der Waals surface area contributed by atoms with E-state index in [0.717, 1.165) is 6.20 Å². The molecular weight excluding hydrogens is 298 g/mol. The van der Waals surface area contributed by atoms with Crippen molar-refractivity contribution in [2.45, 2.75) is 31.8 Å². The molecule has 0 aliphatic heterocycles. The summed E-state index contributed by atoms with van der Waals surface area (Å²) in [5, 5.41) is 5.64. The molecule has 0 bridgehead atoms. The molecule has 1 atom stereocenters. The summed E-state index contributed by atoms with van der Waals surface area (Å²) in [5.74, 6) is -0.715. The molecule has 1 aromatic heterocycles. The lowest BCUT2D eigenvalue weighted by Gasteiger charge is -2.21. The van der Waals surface area contributed by atoms with Crippen molar-refractivity contribution in [3.05, 3.63) is 11.8 Å². The number of aromatic nitrogens is 2. The number of aromatic amines is 1. The number of H-pyrrole nitrogens is 1. The van der Waals surface area contributed by atoms with E-state index in [-0.39, 0.29) is 29.7 Å². The standard InChI is InChI=1S/C12H21N3O5S/c1-5-20-12(16)9-6-13-14-11(9)21(17,18)15-10(7-19-4)8(2)3/h6,8,10,15H,5,7H2,1-4H3,(H,13,14). The highest BCUT2D eigenvalue weighted by Gasteiger charge is 2.29. The first kappa shape index (κ1) is 17.6. The van der Waals surface area contributed by atoms with E-state index in [4.69, 9.17) is 9.47 Å². The first-order valence-electron chi connectivity index (χ1n) is 6.55. The van der Waals surface area contributed by atoms with Gasteiger partial charge >= 0.3 is 5.97 Å². The molecule has 2 N–H and O–H groups in total. The molecule has 1 unspecified atom stereocenters. The third-order valence-corrected chi connectivity index (χ3v) is 4.29. The SMILES string of the molecule is CCOC(=O)c1cn[nH]c1S(=O)(=O)NC(COC)C(C)C. The molecule has 0 radical (unpaired) electrons. The summed E-state index contributed by atoms with van der Waals surface area (Å²) >= 11 is 0. The Balaban J connectivity index is 3.03. The van der Waals surface area contributed by atoms with Crippen molar-refractivity contribution in [2.75, 3.05) is 20.3 Å². The zero-order chi connectivity index (χ0) is 16.0. The van der Waals surface area contributed by atoms with Crippen LogP contribution in [0, 0.1) is 5.92 Å². The third kappa shape index (κ3) is 4.51. The number of methoxy groups -OCH3 is 1. The lowest BCUT2D eigenvalue weighted by Crippen LogP contribution is -2.42. The number of nitrogens with one attached hydrogen (secondary N) is 2. The number of carbonyl (C=O) groups is 1. The van der Waals surface area contributed by atoms with Crippen LogP contribution in [0.1, 0.15) is 31.1 Å². The number of rotatable bonds is 8. The smallest absolute Gasteiger partial charge is 0.342 e. The number of esters is 1. The van der Waals surface area contributed by atoms with Crippen LogP contribution in [0.15, 0.2) is 11.2 Å². The molecule has 0 aromatic carbocycles. The van der Waals surface area contributed by atoms with Crippen molar-refractivity contribution in [3.8, 4) is 0 Å². The summed E-state index contributed by atoms with van der Waals surface area (Å²) in [6.45, 7) is 5.74. The number of ether oxygens (including phenoxy) is 2. The summed E-state index contributed by atoms with van der Waals surface area (Å²) in [6.07, 6.45) is 1.13. The number of hydrogen-bond donors (Lipinski definition) is 2. The van der Waals surface area contributed by atoms with E-state index >= 15 is 0 Å². The molecule has 1 heterocycles. The van der Waals surface area contributed by atoms with Crippen molar-refractivity contribution in [1.82, 2.24) is 14.9 Å². The maximum absolute atomic E-state index is 12.4. The van der Waals surface area contributed by atoms with Gasteiger partial charge in [-0.15, -0.1) is 0 Å². The zero-order valence-corrected chi connectivity index (χ0v) is 13.4. The fourth-order valence-electron chi connectivity index (χ4n) is 1.63. The van der Waals surface area contributed by atoms with Crippen LogP contribution in [0.3, 0.4) is 0 Å². The van der Waals surface area contributed by atoms with Crippen molar-refractivity contribution < 1.29 is 22.7 Å². The van der Waals surface area contributed by atoms with Gasteiger partial charge in [0, 0.05) is 13.2 Å². The second kappa shape index (κ2) is 7.53. The highest BCUT2D eigenvalue weighted by Crippen LogP contribution is 2.15. The summed E-state index contributed by atoms with van der Waals surface area (Å²) in [5.41, 5.74) is -0.121. The quantitative estimate of drug-likeness (QED) is 0.677. The molecule has 0 spiro atoms. The van der Waals surface area contributed by atoms with Gasteiger partial charge in [0.1, 0.15) is 5.56 Å². The number of sulfonamides is 1. The zero-order valence-electron chi connectivity index (χ0n) is 12.5. The summed E-state index contributed by atoms with van der Waals surface area (Å²) in [6, 6.07) is -0.418. The van der Waals surface area contributed by atoms with E-state index in [2.05, 4.69) is 14.9 Å². The van der Waals surface area contributed by atoms with Crippen LogP contribution >= 0.6 is 0 Å². The Morgan fingerprint density at radius 1 is 1.48 bits per heavy atom. The van der Waals surface area contributed by atoms with E-state index in [1.54, 1.807) is 6.92 Å². The maximum Gasteiger partial charge on any atom is 0.342 e. The van der Waals surface area contributed by atoms with Gasteiger partial charge < -0.3 is 9.47 Å². The molecule has 0 fully saturated rings. The topological polar surface area (TPSA) is 110 Å². The van der Waals surface area contributed by atoms with Crippen LogP contribution in [0.2, 0.25) is 0 Å². The lowest BCUT2D eigenvalue weighted by molar-refractivity contribution is 0.0522. The summed E-state index contributed by atoms with van der Waals surface area (Å²) < 4.78 is 37.0. The summed E-state index contributed by atoms with van der Waals surface area (Å²) in [4.78, 5) is 11.7. The first-order chi connectivity index (χ1) is 9.83.